The third kappa shape index (κ3) is 6.86. The van der Waals surface area contributed by atoms with Gasteiger partial charge in [0.2, 0.25) is 39.3 Å². The summed E-state index contributed by atoms with van der Waals surface area (Å²) in [6, 6.07) is 58.5. The van der Waals surface area contributed by atoms with Crippen molar-refractivity contribution in [2.24, 2.45) is 0 Å². The first kappa shape index (κ1) is 43.0. The van der Waals surface area contributed by atoms with Crippen LogP contribution in [0.25, 0.3) is 55.0 Å². The van der Waals surface area contributed by atoms with Gasteiger partial charge in [0.15, 0.2) is 0 Å². The lowest BCUT2D eigenvalue weighted by atomic mass is 10.1. The van der Waals surface area contributed by atoms with E-state index in [1.165, 1.54) is 84.9 Å². The van der Waals surface area contributed by atoms with E-state index in [0.717, 1.165) is 21.5 Å². The second kappa shape index (κ2) is 16.0. The lowest BCUT2D eigenvalue weighted by Gasteiger charge is -2.15. The minimum atomic E-state index is -4.25. The number of hydrogen-bond donors (Lipinski definition) is 0. The molecule has 0 radical (unpaired) electrons. The summed E-state index contributed by atoms with van der Waals surface area (Å²) in [6.45, 7) is 0. The zero-order chi connectivity index (χ0) is 47.0. The van der Waals surface area contributed by atoms with E-state index >= 15 is 0 Å². The molecule has 0 spiro atoms. The Bertz CT molecular complexity index is 3840. The number of rotatable bonds is 10. The Morgan fingerprint density at radius 2 is 0.485 bits per heavy atom. The molecule has 14 heteroatoms. The highest BCUT2D eigenvalue weighted by atomic mass is 32.2. The van der Waals surface area contributed by atoms with E-state index in [0.29, 0.717) is 22.1 Å². The van der Waals surface area contributed by atoms with E-state index in [-0.39, 0.29) is 50.5 Å². The van der Waals surface area contributed by atoms with Crippen LogP contribution < -0.4 is 0 Å². The number of fused-ring (bicyclic) bond motifs is 7. The molecule has 334 valence electrons. The first-order valence-corrected chi connectivity index (χ1v) is 27.2. The van der Waals surface area contributed by atoms with Crippen molar-refractivity contribution in [3.8, 4) is 11.4 Å². The fraction of sp³-hybridized carbons (Fsp3) is 0. The predicted molar refractivity (Wildman–Crippen MR) is 263 cm³/mol. The number of hydrogen-bond acceptors (Lipinski definition) is 8. The third-order valence-corrected chi connectivity index (χ3v) is 19.2. The van der Waals surface area contributed by atoms with Crippen molar-refractivity contribution in [3.05, 3.63) is 218 Å². The highest BCUT2D eigenvalue weighted by molar-refractivity contribution is 7.93. The van der Waals surface area contributed by atoms with Crippen molar-refractivity contribution in [2.45, 2.75) is 39.2 Å². The van der Waals surface area contributed by atoms with Gasteiger partial charge in [-0.3, -0.25) is 0 Å². The summed E-state index contributed by atoms with van der Waals surface area (Å²) in [7, 11) is -17.0. The molecular weight excluding hydrogens is 933 g/mol. The van der Waals surface area contributed by atoms with E-state index in [2.05, 4.69) is 0 Å². The van der Waals surface area contributed by atoms with E-state index in [9.17, 15) is 33.7 Å². The van der Waals surface area contributed by atoms with Crippen LogP contribution in [0.2, 0.25) is 0 Å². The molecule has 9 aromatic carbocycles. The molecule has 0 amide bonds. The largest absolute Gasteiger partial charge is 0.309 e. The molecule has 0 aliphatic rings. The Morgan fingerprint density at radius 3 is 0.765 bits per heavy atom. The van der Waals surface area contributed by atoms with Crippen molar-refractivity contribution >= 4 is 83.0 Å². The fourth-order valence-electron chi connectivity index (χ4n) is 9.01. The van der Waals surface area contributed by atoms with Crippen LogP contribution in [-0.2, 0) is 39.3 Å². The van der Waals surface area contributed by atoms with Crippen LogP contribution in [0.4, 0.5) is 0 Å². The number of aromatic nitrogens is 2. The molecule has 0 saturated carbocycles. The zero-order valence-electron chi connectivity index (χ0n) is 35.6. The van der Waals surface area contributed by atoms with Gasteiger partial charge in [0.25, 0.3) is 0 Å². The quantitative estimate of drug-likeness (QED) is 0.132. The van der Waals surface area contributed by atoms with Gasteiger partial charge >= 0.3 is 0 Å². The molecule has 11 rings (SSSR count). The second-order valence-electron chi connectivity index (χ2n) is 16.2. The molecule has 2 aromatic heterocycles. The number of benzene rings is 9. The lowest BCUT2D eigenvalue weighted by molar-refractivity contribution is 0.590. The van der Waals surface area contributed by atoms with E-state index < -0.39 is 39.3 Å². The van der Waals surface area contributed by atoms with Crippen molar-refractivity contribution in [1.82, 2.24) is 9.13 Å². The molecule has 0 saturated heterocycles. The molecule has 68 heavy (non-hydrogen) atoms. The van der Waals surface area contributed by atoms with Gasteiger partial charge < -0.3 is 9.13 Å². The molecule has 0 fully saturated rings. The van der Waals surface area contributed by atoms with Crippen molar-refractivity contribution in [1.29, 1.82) is 0 Å². The maximum atomic E-state index is 14.4. The van der Waals surface area contributed by atoms with E-state index in [4.69, 9.17) is 0 Å². The van der Waals surface area contributed by atoms with Gasteiger partial charge in [-0.05, 0) is 109 Å². The minimum Gasteiger partial charge on any atom is -0.309 e. The molecule has 0 bridgehead atoms. The third-order valence-electron chi connectivity index (χ3n) is 12.2. The van der Waals surface area contributed by atoms with Crippen LogP contribution in [0.15, 0.2) is 258 Å². The SMILES string of the molecule is O=S(=O)(c1ccccc1)c1cc(-n2c3ccccc3c3c4c5ccccc5n(-c5cc(S(=O)(=O)c6ccccc6)cc(S(=O)(=O)c6ccccc6)c5)c4ccc32)cc(S(=O)(=O)c2ccccc2)c1. The molecule has 0 aliphatic carbocycles. The van der Waals surface area contributed by atoms with Crippen molar-refractivity contribution < 1.29 is 33.7 Å². The summed E-state index contributed by atoms with van der Waals surface area (Å²) in [5.41, 5.74) is 3.09. The van der Waals surface area contributed by atoms with Crippen molar-refractivity contribution in [3.63, 3.8) is 0 Å². The monoisotopic (exact) mass is 968 g/mol. The van der Waals surface area contributed by atoms with Gasteiger partial charge in [-0.15, -0.1) is 0 Å². The zero-order valence-corrected chi connectivity index (χ0v) is 38.8. The van der Waals surface area contributed by atoms with Gasteiger partial charge in [0.05, 0.1) is 61.2 Å². The van der Waals surface area contributed by atoms with Gasteiger partial charge in [-0.1, -0.05) is 109 Å². The molecule has 0 unspecified atom stereocenters. The smallest absolute Gasteiger partial charge is 0.206 e. The average molecular weight is 969 g/mol. The maximum Gasteiger partial charge on any atom is 0.206 e. The van der Waals surface area contributed by atoms with Crippen LogP contribution in [0.1, 0.15) is 0 Å². The normalized spacial score (nSPS) is 12.6. The van der Waals surface area contributed by atoms with Gasteiger partial charge in [-0.25, -0.2) is 33.7 Å². The standard InChI is InChI=1S/C54H36N2O8S4/c57-65(58,39-17-5-1-6-18-39)43-31-37(32-44(35-43)66(59,60)40-19-7-2-8-20-40)55-49-27-15-13-25-47(49)53-51(55)29-30-52-54(53)48-26-14-16-28-50(48)56(52)38-33-45(67(61,62)41-21-9-3-10-22-41)36-46(34-38)68(63,64)42-23-11-4-12-24-42/h1-36H. The summed E-state index contributed by atoms with van der Waals surface area (Å²) in [4.78, 5) is -0.877. The fourth-order valence-corrected chi connectivity index (χ4v) is 14.5. The van der Waals surface area contributed by atoms with Crippen LogP contribution in [0.3, 0.4) is 0 Å². The van der Waals surface area contributed by atoms with Crippen LogP contribution in [0.5, 0.6) is 0 Å². The summed E-state index contributed by atoms with van der Waals surface area (Å²) in [6.07, 6.45) is 0. The maximum absolute atomic E-state index is 14.4. The van der Waals surface area contributed by atoms with Crippen LogP contribution in [-0.4, -0.2) is 42.8 Å². The first-order chi connectivity index (χ1) is 32.8. The van der Waals surface area contributed by atoms with Gasteiger partial charge in [-0.2, -0.15) is 0 Å². The molecule has 2 heterocycles. The Hall–Kier alpha value is -7.62. The number of sulfone groups is 4. The van der Waals surface area contributed by atoms with Crippen LogP contribution >= 0.6 is 0 Å². The number of para-hydroxylation sites is 2. The highest BCUT2D eigenvalue weighted by Crippen LogP contribution is 2.44. The number of nitrogens with zero attached hydrogens (tertiary/aromatic N) is 2. The van der Waals surface area contributed by atoms with Crippen molar-refractivity contribution in [2.75, 3.05) is 0 Å². The summed E-state index contributed by atoms with van der Waals surface area (Å²) >= 11 is 0. The Kier molecular flexibility index (Phi) is 10.1. The molecule has 0 atom stereocenters. The molecule has 10 nitrogen and oxygen atoms in total. The Morgan fingerprint density at radius 1 is 0.235 bits per heavy atom. The first-order valence-electron chi connectivity index (χ1n) is 21.2. The summed E-state index contributed by atoms with van der Waals surface area (Å²) < 4.78 is 119. The molecule has 0 N–H and O–H groups in total. The van der Waals surface area contributed by atoms with Gasteiger partial charge in [0.1, 0.15) is 0 Å². The summed E-state index contributed by atoms with van der Waals surface area (Å²) in [5, 5.41) is 2.99. The highest BCUT2D eigenvalue weighted by Gasteiger charge is 2.29. The lowest BCUT2D eigenvalue weighted by Crippen LogP contribution is -2.09. The topological polar surface area (TPSA) is 146 Å². The Labute approximate surface area is 392 Å². The molecule has 0 aliphatic heterocycles. The summed E-state index contributed by atoms with van der Waals surface area (Å²) in [5.74, 6) is 0. The molecule has 11 aromatic rings. The van der Waals surface area contributed by atoms with Crippen LogP contribution in [0, 0.1) is 0 Å². The second-order valence-corrected chi connectivity index (χ2v) is 23.9. The van der Waals surface area contributed by atoms with Gasteiger partial charge in [0, 0.05) is 32.9 Å². The van der Waals surface area contributed by atoms with E-state index in [1.54, 1.807) is 72.8 Å². The Balaban J connectivity index is 1.22. The predicted octanol–water partition coefficient (Wildman–Crippen LogP) is 11.2. The van der Waals surface area contributed by atoms with E-state index in [1.807, 2.05) is 69.8 Å². The molecular formula is C54H36N2O8S4. The average Bonchev–Trinajstić information content (AvgIpc) is 3.90. The minimum absolute atomic E-state index is 0.00249.